The monoisotopic (exact) mass is 442 g/mol. The molecule has 0 fully saturated rings. The minimum absolute atomic E-state index is 0.0769. The number of aromatic nitrogens is 2. The number of aliphatic carboxylic acids is 2. The van der Waals surface area contributed by atoms with Gasteiger partial charge in [0.1, 0.15) is 18.6 Å². The van der Waals surface area contributed by atoms with Gasteiger partial charge in [-0.15, -0.1) is 0 Å². The highest BCUT2D eigenvalue weighted by Crippen LogP contribution is 2.03. The number of nitrogens with one attached hydrogen (secondary N) is 4. The number of carbonyl (C=O) groups excluding carboxylic acids is 3. The van der Waals surface area contributed by atoms with E-state index in [0.717, 1.165) is 0 Å². The molecular weight excluding hydrogens is 416 g/mol. The van der Waals surface area contributed by atoms with Gasteiger partial charge in [0.15, 0.2) is 0 Å². The molecule has 14 heteroatoms. The van der Waals surface area contributed by atoms with Crippen LogP contribution in [0.1, 0.15) is 25.5 Å². The van der Waals surface area contributed by atoms with E-state index < -0.39 is 60.4 Å². The number of amides is 3. The van der Waals surface area contributed by atoms with E-state index >= 15 is 0 Å². The molecule has 4 unspecified atom stereocenters. The molecule has 9 N–H and O–H groups in total. The molecule has 0 aliphatic carbocycles. The molecule has 0 bridgehead atoms. The van der Waals surface area contributed by atoms with E-state index in [4.69, 9.17) is 15.9 Å². The van der Waals surface area contributed by atoms with Crippen LogP contribution in [-0.2, 0) is 30.4 Å². The van der Waals surface area contributed by atoms with Crippen LogP contribution in [0.2, 0.25) is 0 Å². The first-order chi connectivity index (χ1) is 14.5. The lowest BCUT2D eigenvalue weighted by Gasteiger charge is -2.25. The Morgan fingerprint density at radius 1 is 1.10 bits per heavy atom. The van der Waals surface area contributed by atoms with Crippen molar-refractivity contribution in [3.8, 4) is 0 Å². The van der Waals surface area contributed by atoms with Gasteiger partial charge in [-0.05, 0) is 13.3 Å². The Kier molecular flexibility index (Phi) is 10.1. The average Bonchev–Trinajstić information content (AvgIpc) is 3.20. The van der Waals surface area contributed by atoms with Gasteiger partial charge in [0, 0.05) is 24.7 Å². The van der Waals surface area contributed by atoms with Gasteiger partial charge in [0.2, 0.25) is 17.7 Å². The van der Waals surface area contributed by atoms with E-state index in [1.165, 1.54) is 19.4 Å². The number of imidazole rings is 1. The molecule has 0 aliphatic rings. The lowest BCUT2D eigenvalue weighted by atomic mass is 10.1. The molecule has 3 amide bonds. The molecule has 1 aromatic rings. The summed E-state index contributed by atoms with van der Waals surface area (Å²) in [6.45, 7) is 0.500. The van der Waals surface area contributed by atoms with Gasteiger partial charge in [-0.1, -0.05) is 0 Å². The Morgan fingerprint density at radius 3 is 2.29 bits per heavy atom. The Hall–Kier alpha value is -3.52. The number of nitrogens with zero attached hydrogens (tertiary/aromatic N) is 1. The third-order valence-electron chi connectivity index (χ3n) is 4.09. The predicted molar refractivity (Wildman–Crippen MR) is 103 cm³/mol. The van der Waals surface area contributed by atoms with Gasteiger partial charge < -0.3 is 42.0 Å². The molecule has 1 rings (SSSR count). The summed E-state index contributed by atoms with van der Waals surface area (Å²) in [5.74, 6) is -5.03. The fraction of sp³-hybridized carbons (Fsp3) is 0.529. The van der Waals surface area contributed by atoms with Crippen molar-refractivity contribution in [2.24, 2.45) is 5.73 Å². The fourth-order valence-corrected chi connectivity index (χ4v) is 2.45. The second kappa shape index (κ2) is 12.2. The lowest BCUT2D eigenvalue weighted by molar-refractivity contribution is -0.139. The molecule has 1 aromatic heterocycles. The van der Waals surface area contributed by atoms with Crippen molar-refractivity contribution < 1.29 is 39.3 Å². The van der Waals surface area contributed by atoms with E-state index in [1.54, 1.807) is 0 Å². The first-order valence-electron chi connectivity index (χ1n) is 9.24. The van der Waals surface area contributed by atoms with Crippen molar-refractivity contribution in [1.82, 2.24) is 25.9 Å². The predicted octanol–water partition coefficient (Wildman–Crippen LogP) is -3.30. The molecule has 4 atom stereocenters. The molecule has 1 heterocycles. The van der Waals surface area contributed by atoms with E-state index in [9.17, 15) is 29.1 Å². The summed E-state index contributed by atoms with van der Waals surface area (Å²) < 4.78 is 0. The number of carboxylic acids is 2. The maximum absolute atomic E-state index is 12.7. The van der Waals surface area contributed by atoms with Crippen LogP contribution in [0.4, 0.5) is 0 Å². The van der Waals surface area contributed by atoms with Crippen molar-refractivity contribution in [2.75, 3.05) is 6.54 Å². The standard InChI is InChI=1S/C17H26N6O8/c1-8(24)14(17(31)20-6-13(27)28)23-16(30)11(4-9-5-19-7-21-9)22-15(29)10(18)2-3-12(25)26/h5,7-8,10-11,14,24H,2-4,6,18H2,1H3,(H,19,21)(H,20,31)(H,22,29)(H,23,30)(H,25,26)(H,27,28). The topological polar surface area (TPSA) is 237 Å². The highest BCUT2D eigenvalue weighted by Gasteiger charge is 2.31. The Labute approximate surface area is 176 Å². The Balaban J connectivity index is 2.91. The van der Waals surface area contributed by atoms with Crippen molar-refractivity contribution in [1.29, 1.82) is 0 Å². The number of nitrogens with two attached hydrogens (primary N) is 1. The summed E-state index contributed by atoms with van der Waals surface area (Å²) in [4.78, 5) is 65.0. The van der Waals surface area contributed by atoms with E-state index in [0.29, 0.717) is 5.69 Å². The van der Waals surface area contributed by atoms with Gasteiger partial charge in [-0.2, -0.15) is 0 Å². The summed E-state index contributed by atoms with van der Waals surface area (Å²) in [6, 6.07) is -3.94. The number of carbonyl (C=O) groups is 5. The molecule has 0 radical (unpaired) electrons. The quantitative estimate of drug-likeness (QED) is 0.151. The van der Waals surface area contributed by atoms with Crippen LogP contribution in [0.15, 0.2) is 12.5 Å². The molecule has 0 saturated carbocycles. The number of carboxylic acid groups (broad SMARTS) is 2. The van der Waals surface area contributed by atoms with E-state index in [1.807, 2.05) is 5.32 Å². The van der Waals surface area contributed by atoms with Gasteiger partial charge in [0.25, 0.3) is 0 Å². The van der Waals surface area contributed by atoms with E-state index in [2.05, 4.69) is 20.6 Å². The Bertz CT molecular complexity index is 782. The van der Waals surface area contributed by atoms with Gasteiger partial charge in [0.05, 0.1) is 18.5 Å². The number of H-pyrrole nitrogens is 1. The van der Waals surface area contributed by atoms with Crippen LogP contribution >= 0.6 is 0 Å². The third-order valence-corrected chi connectivity index (χ3v) is 4.09. The van der Waals surface area contributed by atoms with E-state index in [-0.39, 0.29) is 19.3 Å². The first kappa shape index (κ1) is 25.5. The average molecular weight is 442 g/mol. The molecule has 0 spiro atoms. The molecular formula is C17H26N6O8. The Morgan fingerprint density at radius 2 is 1.77 bits per heavy atom. The molecule has 0 aromatic carbocycles. The summed E-state index contributed by atoms with van der Waals surface area (Å²) in [6.07, 6.45) is 0.796. The van der Waals surface area contributed by atoms with Crippen molar-refractivity contribution in [3.05, 3.63) is 18.2 Å². The van der Waals surface area contributed by atoms with Crippen molar-refractivity contribution in [2.45, 2.75) is 50.4 Å². The molecule has 31 heavy (non-hydrogen) atoms. The molecule has 0 aliphatic heterocycles. The SMILES string of the molecule is CC(O)C(NC(=O)C(Cc1cnc[nH]1)NC(=O)C(N)CCC(=O)O)C(=O)NCC(=O)O. The fourth-order valence-electron chi connectivity index (χ4n) is 2.45. The van der Waals surface area contributed by atoms with Crippen molar-refractivity contribution >= 4 is 29.7 Å². The van der Waals surface area contributed by atoms with Gasteiger partial charge in [-0.3, -0.25) is 24.0 Å². The van der Waals surface area contributed by atoms with Crippen LogP contribution < -0.4 is 21.7 Å². The van der Waals surface area contributed by atoms with Crippen LogP contribution in [0.3, 0.4) is 0 Å². The lowest BCUT2D eigenvalue weighted by Crippen LogP contribution is -2.59. The molecule has 172 valence electrons. The first-order valence-corrected chi connectivity index (χ1v) is 9.24. The highest BCUT2D eigenvalue weighted by molar-refractivity contribution is 5.94. The van der Waals surface area contributed by atoms with Crippen LogP contribution in [0.5, 0.6) is 0 Å². The van der Waals surface area contributed by atoms with Crippen LogP contribution in [0.25, 0.3) is 0 Å². The second-order valence-corrected chi connectivity index (χ2v) is 6.72. The molecule has 14 nitrogen and oxygen atoms in total. The zero-order valence-corrected chi connectivity index (χ0v) is 16.7. The maximum Gasteiger partial charge on any atom is 0.322 e. The highest BCUT2D eigenvalue weighted by atomic mass is 16.4. The number of rotatable bonds is 13. The summed E-state index contributed by atoms with van der Waals surface area (Å²) >= 11 is 0. The summed E-state index contributed by atoms with van der Waals surface area (Å²) in [7, 11) is 0. The van der Waals surface area contributed by atoms with Crippen LogP contribution in [-0.4, -0.2) is 85.7 Å². The number of hydrogen-bond acceptors (Lipinski definition) is 8. The van der Waals surface area contributed by atoms with Gasteiger partial charge >= 0.3 is 11.9 Å². The second-order valence-electron chi connectivity index (χ2n) is 6.72. The van der Waals surface area contributed by atoms with Crippen LogP contribution in [0, 0.1) is 0 Å². The number of aliphatic hydroxyl groups excluding tert-OH is 1. The largest absolute Gasteiger partial charge is 0.481 e. The minimum atomic E-state index is -1.49. The zero-order valence-electron chi connectivity index (χ0n) is 16.7. The number of aromatic amines is 1. The number of hydrogen-bond donors (Lipinski definition) is 8. The molecule has 0 saturated heterocycles. The zero-order chi connectivity index (χ0) is 23.6. The summed E-state index contributed by atoms with van der Waals surface area (Å²) in [5.41, 5.74) is 6.13. The number of aliphatic hydroxyl groups is 1. The maximum atomic E-state index is 12.7. The minimum Gasteiger partial charge on any atom is -0.481 e. The van der Waals surface area contributed by atoms with Crippen molar-refractivity contribution in [3.63, 3.8) is 0 Å². The third kappa shape index (κ3) is 9.22. The smallest absolute Gasteiger partial charge is 0.322 e. The normalized spacial score (nSPS) is 14.5. The van der Waals surface area contributed by atoms with Gasteiger partial charge in [-0.25, -0.2) is 4.98 Å². The summed E-state index contributed by atoms with van der Waals surface area (Å²) in [5, 5.41) is 33.9.